The van der Waals surface area contributed by atoms with E-state index >= 15 is 0 Å². The summed E-state index contributed by atoms with van der Waals surface area (Å²) >= 11 is 0. The van der Waals surface area contributed by atoms with Crippen molar-refractivity contribution >= 4 is 0 Å². The maximum atomic E-state index is 5.45. The first-order chi connectivity index (χ1) is 11.2. The molecule has 0 N–H and O–H groups in total. The van der Waals surface area contributed by atoms with E-state index in [-0.39, 0.29) is 0 Å². The molecule has 2 aromatic rings. The van der Waals surface area contributed by atoms with E-state index in [1.54, 1.807) is 7.11 Å². The molecule has 0 aromatic carbocycles. The number of rotatable bonds is 6. The van der Waals surface area contributed by atoms with Gasteiger partial charge in [-0.15, -0.1) is 0 Å². The second-order valence-electron chi connectivity index (χ2n) is 6.92. The van der Waals surface area contributed by atoms with Crippen LogP contribution >= 0.6 is 0 Å². The first kappa shape index (κ1) is 14.9. The summed E-state index contributed by atoms with van der Waals surface area (Å²) in [6.07, 6.45) is 4.75. The van der Waals surface area contributed by atoms with Crippen molar-refractivity contribution < 1.29 is 9.26 Å². The Morgan fingerprint density at radius 3 is 2.96 bits per heavy atom. The molecule has 1 aliphatic carbocycles. The van der Waals surface area contributed by atoms with Crippen LogP contribution in [0.3, 0.4) is 0 Å². The summed E-state index contributed by atoms with van der Waals surface area (Å²) in [6.45, 7) is 6.44. The van der Waals surface area contributed by atoms with Crippen LogP contribution in [0.1, 0.15) is 41.5 Å². The number of aromatic nitrogens is 3. The molecule has 124 valence electrons. The SMILES string of the molecule is COCC1CN(Cc2cc(C)on2)Cc2c1cnn2CC1CC1. The zero-order valence-corrected chi connectivity index (χ0v) is 13.9. The van der Waals surface area contributed by atoms with Gasteiger partial charge in [-0.05, 0) is 25.7 Å². The number of hydrogen-bond donors (Lipinski definition) is 0. The standard InChI is InChI=1S/C17H24N4O2/c1-12-5-15(19-23-12)9-20-8-14(11-22-2)16-6-18-21(17(16)10-20)7-13-3-4-13/h5-6,13-14H,3-4,7-11H2,1-2H3. The molecule has 2 aliphatic rings. The van der Waals surface area contributed by atoms with E-state index in [1.807, 2.05) is 13.0 Å². The van der Waals surface area contributed by atoms with Crippen LogP contribution in [0.5, 0.6) is 0 Å². The Hall–Kier alpha value is -1.66. The lowest BCUT2D eigenvalue weighted by Gasteiger charge is -2.32. The maximum Gasteiger partial charge on any atom is 0.133 e. The molecule has 1 unspecified atom stereocenters. The van der Waals surface area contributed by atoms with Gasteiger partial charge in [-0.25, -0.2) is 0 Å². The van der Waals surface area contributed by atoms with Crippen molar-refractivity contribution in [3.8, 4) is 0 Å². The van der Waals surface area contributed by atoms with Crippen molar-refractivity contribution in [2.75, 3.05) is 20.3 Å². The number of methoxy groups -OCH3 is 1. The van der Waals surface area contributed by atoms with Crippen LogP contribution in [0.4, 0.5) is 0 Å². The molecule has 0 spiro atoms. The number of ether oxygens (including phenoxy) is 1. The topological polar surface area (TPSA) is 56.3 Å². The molecule has 1 atom stereocenters. The normalized spacial score (nSPS) is 21.6. The Morgan fingerprint density at radius 1 is 1.39 bits per heavy atom. The number of aryl methyl sites for hydroxylation is 1. The quantitative estimate of drug-likeness (QED) is 0.819. The molecule has 3 heterocycles. The lowest BCUT2D eigenvalue weighted by molar-refractivity contribution is 0.132. The second-order valence-corrected chi connectivity index (χ2v) is 6.92. The van der Waals surface area contributed by atoms with Crippen LogP contribution in [0, 0.1) is 12.8 Å². The van der Waals surface area contributed by atoms with Crippen molar-refractivity contribution in [2.24, 2.45) is 5.92 Å². The van der Waals surface area contributed by atoms with Crippen molar-refractivity contribution in [1.29, 1.82) is 0 Å². The van der Waals surface area contributed by atoms with Gasteiger partial charge in [-0.1, -0.05) is 5.16 Å². The summed E-state index contributed by atoms with van der Waals surface area (Å²) in [6, 6.07) is 2.02. The van der Waals surface area contributed by atoms with Crippen LogP contribution in [-0.4, -0.2) is 40.1 Å². The maximum absolute atomic E-state index is 5.45. The predicted molar refractivity (Wildman–Crippen MR) is 84.9 cm³/mol. The molecular weight excluding hydrogens is 292 g/mol. The van der Waals surface area contributed by atoms with Gasteiger partial charge in [0.05, 0.1) is 24.2 Å². The van der Waals surface area contributed by atoms with E-state index in [9.17, 15) is 0 Å². The van der Waals surface area contributed by atoms with Crippen LogP contribution in [0.15, 0.2) is 16.8 Å². The third-order valence-electron chi connectivity index (χ3n) is 4.83. The van der Waals surface area contributed by atoms with Gasteiger partial charge in [0.15, 0.2) is 0 Å². The minimum atomic E-state index is 0.379. The smallest absolute Gasteiger partial charge is 0.133 e. The van der Waals surface area contributed by atoms with Crippen LogP contribution < -0.4 is 0 Å². The Kier molecular flexibility index (Phi) is 3.95. The summed E-state index contributed by atoms with van der Waals surface area (Å²) in [5, 5.41) is 8.79. The highest BCUT2D eigenvalue weighted by atomic mass is 16.5. The van der Waals surface area contributed by atoms with Gasteiger partial charge >= 0.3 is 0 Å². The van der Waals surface area contributed by atoms with E-state index in [0.29, 0.717) is 5.92 Å². The molecule has 0 saturated heterocycles. The first-order valence-electron chi connectivity index (χ1n) is 8.41. The number of nitrogens with zero attached hydrogens (tertiary/aromatic N) is 4. The van der Waals surface area contributed by atoms with Crippen molar-refractivity contribution in [1.82, 2.24) is 19.8 Å². The molecule has 6 heteroatoms. The van der Waals surface area contributed by atoms with E-state index in [0.717, 1.165) is 50.2 Å². The molecule has 1 aliphatic heterocycles. The average molecular weight is 316 g/mol. The summed E-state index contributed by atoms with van der Waals surface area (Å²) in [5.41, 5.74) is 3.71. The van der Waals surface area contributed by atoms with Gasteiger partial charge in [0, 0.05) is 50.8 Å². The highest BCUT2D eigenvalue weighted by molar-refractivity contribution is 5.26. The zero-order chi connectivity index (χ0) is 15.8. The molecule has 1 fully saturated rings. The van der Waals surface area contributed by atoms with Gasteiger partial charge < -0.3 is 9.26 Å². The molecule has 1 saturated carbocycles. The minimum absolute atomic E-state index is 0.379. The van der Waals surface area contributed by atoms with E-state index < -0.39 is 0 Å². The van der Waals surface area contributed by atoms with Crippen molar-refractivity contribution in [3.05, 3.63) is 35.0 Å². The third kappa shape index (κ3) is 3.19. The highest BCUT2D eigenvalue weighted by Crippen LogP contribution is 2.34. The Labute approximate surface area is 136 Å². The number of fused-ring (bicyclic) bond motifs is 1. The Bertz CT molecular complexity index is 674. The highest BCUT2D eigenvalue weighted by Gasteiger charge is 2.31. The molecule has 6 nitrogen and oxygen atoms in total. The molecule has 0 amide bonds. The van der Waals surface area contributed by atoms with Crippen LogP contribution in [0.2, 0.25) is 0 Å². The summed E-state index contributed by atoms with van der Waals surface area (Å²) < 4.78 is 12.9. The van der Waals surface area contributed by atoms with Gasteiger partial charge in [-0.2, -0.15) is 5.10 Å². The predicted octanol–water partition coefficient (Wildman–Crippen LogP) is 2.34. The fourth-order valence-electron chi connectivity index (χ4n) is 3.51. The van der Waals surface area contributed by atoms with Crippen molar-refractivity contribution in [2.45, 2.75) is 45.3 Å². The monoisotopic (exact) mass is 316 g/mol. The van der Waals surface area contributed by atoms with Gasteiger partial charge in [-0.3, -0.25) is 9.58 Å². The average Bonchev–Trinajstić information content (AvgIpc) is 3.12. The van der Waals surface area contributed by atoms with E-state index in [1.165, 1.54) is 24.1 Å². The molecule has 0 bridgehead atoms. The third-order valence-corrected chi connectivity index (χ3v) is 4.83. The Morgan fingerprint density at radius 2 is 2.26 bits per heavy atom. The lowest BCUT2D eigenvalue weighted by Crippen LogP contribution is -2.35. The largest absolute Gasteiger partial charge is 0.384 e. The van der Waals surface area contributed by atoms with Gasteiger partial charge in [0.1, 0.15) is 5.76 Å². The minimum Gasteiger partial charge on any atom is -0.384 e. The molecule has 4 rings (SSSR count). The zero-order valence-electron chi connectivity index (χ0n) is 13.9. The van der Waals surface area contributed by atoms with E-state index in [2.05, 4.69) is 26.0 Å². The summed E-state index contributed by atoms with van der Waals surface area (Å²) in [5.74, 6) is 2.07. The second kappa shape index (κ2) is 6.09. The molecule has 23 heavy (non-hydrogen) atoms. The van der Waals surface area contributed by atoms with Crippen LogP contribution in [-0.2, 0) is 24.4 Å². The fraction of sp³-hybridized carbons (Fsp3) is 0.647. The van der Waals surface area contributed by atoms with Crippen molar-refractivity contribution in [3.63, 3.8) is 0 Å². The summed E-state index contributed by atoms with van der Waals surface area (Å²) in [7, 11) is 1.77. The molecule has 2 aromatic heterocycles. The first-order valence-corrected chi connectivity index (χ1v) is 8.41. The van der Waals surface area contributed by atoms with E-state index in [4.69, 9.17) is 9.26 Å². The number of hydrogen-bond acceptors (Lipinski definition) is 5. The van der Waals surface area contributed by atoms with Gasteiger partial charge in [0.25, 0.3) is 0 Å². The molecule has 0 radical (unpaired) electrons. The fourth-order valence-corrected chi connectivity index (χ4v) is 3.51. The van der Waals surface area contributed by atoms with Crippen LogP contribution in [0.25, 0.3) is 0 Å². The molecular formula is C17H24N4O2. The lowest BCUT2D eigenvalue weighted by atomic mass is 9.95. The Balaban J connectivity index is 1.55. The van der Waals surface area contributed by atoms with Gasteiger partial charge in [0.2, 0.25) is 0 Å². The summed E-state index contributed by atoms with van der Waals surface area (Å²) in [4.78, 5) is 2.42.